The number of hydrogen-bond acceptors (Lipinski definition) is 5. The Morgan fingerprint density at radius 3 is 2.76 bits per heavy atom. The number of rotatable bonds is 3. The minimum atomic E-state index is -0.369. The van der Waals surface area contributed by atoms with Gasteiger partial charge in [0.15, 0.2) is 5.82 Å². The lowest BCUT2D eigenvalue weighted by atomic mass is 10.3. The molecule has 0 radical (unpaired) electrons. The van der Waals surface area contributed by atoms with Gasteiger partial charge in [0, 0.05) is 13.1 Å². The van der Waals surface area contributed by atoms with Gasteiger partial charge in [-0.25, -0.2) is 14.1 Å². The Labute approximate surface area is 147 Å². The van der Waals surface area contributed by atoms with Crippen LogP contribution in [0.3, 0.4) is 0 Å². The van der Waals surface area contributed by atoms with Crippen molar-refractivity contribution in [1.29, 1.82) is 0 Å². The summed E-state index contributed by atoms with van der Waals surface area (Å²) in [5, 5.41) is 6.29. The summed E-state index contributed by atoms with van der Waals surface area (Å²) in [6.07, 6.45) is 0. The number of morpholine rings is 1. The van der Waals surface area contributed by atoms with E-state index >= 15 is 0 Å². The van der Waals surface area contributed by atoms with E-state index in [1.165, 1.54) is 28.2 Å². The van der Waals surface area contributed by atoms with Gasteiger partial charge in [0.05, 0.1) is 23.8 Å². The van der Waals surface area contributed by atoms with Crippen molar-refractivity contribution in [3.05, 3.63) is 53.4 Å². The van der Waals surface area contributed by atoms with Gasteiger partial charge in [-0.2, -0.15) is 0 Å². The van der Waals surface area contributed by atoms with Gasteiger partial charge < -0.3 is 9.64 Å². The van der Waals surface area contributed by atoms with Crippen LogP contribution in [0.4, 0.5) is 4.39 Å². The maximum Gasteiger partial charge on any atom is 0.293 e. The zero-order valence-electron chi connectivity index (χ0n) is 13.3. The van der Waals surface area contributed by atoms with E-state index in [0.29, 0.717) is 37.8 Å². The molecule has 1 amide bonds. The van der Waals surface area contributed by atoms with Crippen molar-refractivity contribution in [2.45, 2.75) is 0 Å². The van der Waals surface area contributed by atoms with Gasteiger partial charge in [0.25, 0.3) is 5.91 Å². The molecule has 2 aromatic heterocycles. The van der Waals surface area contributed by atoms with Crippen molar-refractivity contribution in [2.24, 2.45) is 0 Å². The van der Waals surface area contributed by atoms with Crippen LogP contribution in [0, 0.1) is 5.82 Å². The summed E-state index contributed by atoms with van der Waals surface area (Å²) >= 11 is 1.49. The van der Waals surface area contributed by atoms with Crippen LogP contribution in [-0.4, -0.2) is 51.9 Å². The highest BCUT2D eigenvalue weighted by Crippen LogP contribution is 2.26. The van der Waals surface area contributed by atoms with Crippen molar-refractivity contribution < 1.29 is 13.9 Å². The van der Waals surface area contributed by atoms with Crippen LogP contribution >= 0.6 is 11.3 Å². The molecule has 25 heavy (non-hydrogen) atoms. The molecule has 0 spiro atoms. The third-order valence-corrected chi connectivity index (χ3v) is 4.76. The molecule has 1 aliphatic rings. The average molecular weight is 358 g/mol. The van der Waals surface area contributed by atoms with Crippen LogP contribution < -0.4 is 0 Å². The van der Waals surface area contributed by atoms with Gasteiger partial charge in [-0.1, -0.05) is 12.1 Å². The SMILES string of the molecule is O=C(c1nc(-c2cccs2)n(-c2cccc(F)c2)n1)N1CCOCC1. The fourth-order valence-electron chi connectivity index (χ4n) is 2.66. The highest BCUT2D eigenvalue weighted by atomic mass is 32.1. The fourth-order valence-corrected chi connectivity index (χ4v) is 3.36. The summed E-state index contributed by atoms with van der Waals surface area (Å²) in [4.78, 5) is 19.7. The van der Waals surface area contributed by atoms with E-state index in [0.717, 1.165) is 4.88 Å². The lowest BCUT2D eigenvalue weighted by Crippen LogP contribution is -2.41. The Bertz CT molecular complexity index is 888. The van der Waals surface area contributed by atoms with Gasteiger partial charge in [-0.05, 0) is 29.6 Å². The van der Waals surface area contributed by atoms with Gasteiger partial charge in [0.1, 0.15) is 5.82 Å². The summed E-state index contributed by atoms with van der Waals surface area (Å²) < 4.78 is 20.4. The number of benzene rings is 1. The Kier molecular flexibility index (Phi) is 4.29. The quantitative estimate of drug-likeness (QED) is 0.722. The predicted octanol–water partition coefficient (Wildman–Crippen LogP) is 2.61. The second-order valence-corrected chi connectivity index (χ2v) is 6.48. The smallest absolute Gasteiger partial charge is 0.293 e. The van der Waals surface area contributed by atoms with Gasteiger partial charge >= 0.3 is 0 Å². The lowest BCUT2D eigenvalue weighted by molar-refractivity contribution is 0.0295. The highest BCUT2D eigenvalue weighted by Gasteiger charge is 2.25. The Balaban J connectivity index is 1.77. The molecule has 0 aliphatic carbocycles. The second-order valence-electron chi connectivity index (χ2n) is 5.53. The van der Waals surface area contributed by atoms with Crippen LogP contribution in [-0.2, 0) is 4.74 Å². The molecule has 0 unspecified atom stereocenters. The topological polar surface area (TPSA) is 60.2 Å². The van der Waals surface area contributed by atoms with Gasteiger partial charge in [-0.15, -0.1) is 16.4 Å². The maximum atomic E-state index is 13.6. The molecule has 1 aliphatic heterocycles. The number of amides is 1. The van der Waals surface area contributed by atoms with Crippen molar-refractivity contribution in [2.75, 3.05) is 26.3 Å². The summed E-state index contributed by atoms with van der Waals surface area (Å²) in [5.74, 6) is 0.0224. The standard InChI is InChI=1S/C17H15FN4O2S/c18-12-3-1-4-13(11-12)22-16(14-5-2-10-25-14)19-15(20-22)17(23)21-6-8-24-9-7-21/h1-5,10-11H,6-9H2. The first-order valence-electron chi connectivity index (χ1n) is 7.86. The Hall–Kier alpha value is -2.58. The van der Waals surface area contributed by atoms with E-state index in [1.807, 2.05) is 17.5 Å². The first-order valence-corrected chi connectivity index (χ1v) is 8.74. The molecule has 3 heterocycles. The number of hydrogen-bond donors (Lipinski definition) is 0. The number of ether oxygens (including phenoxy) is 1. The van der Waals surface area contributed by atoms with Crippen molar-refractivity contribution in [3.63, 3.8) is 0 Å². The number of thiophene rings is 1. The molecular formula is C17H15FN4O2S. The summed E-state index contributed by atoms with van der Waals surface area (Å²) in [6, 6.07) is 9.87. The highest BCUT2D eigenvalue weighted by molar-refractivity contribution is 7.13. The van der Waals surface area contributed by atoms with E-state index in [9.17, 15) is 9.18 Å². The van der Waals surface area contributed by atoms with Crippen molar-refractivity contribution in [1.82, 2.24) is 19.7 Å². The van der Waals surface area contributed by atoms with E-state index in [2.05, 4.69) is 10.1 Å². The molecule has 0 atom stereocenters. The molecule has 3 aromatic rings. The summed E-state index contributed by atoms with van der Waals surface area (Å²) in [5.41, 5.74) is 0.525. The Morgan fingerprint density at radius 1 is 1.20 bits per heavy atom. The average Bonchev–Trinajstić information content (AvgIpc) is 3.31. The van der Waals surface area contributed by atoms with Gasteiger partial charge in [-0.3, -0.25) is 4.79 Å². The predicted molar refractivity (Wildman–Crippen MR) is 91.4 cm³/mol. The van der Waals surface area contributed by atoms with Gasteiger partial charge in [0.2, 0.25) is 5.82 Å². The van der Waals surface area contributed by atoms with Crippen LogP contribution in [0.2, 0.25) is 0 Å². The zero-order valence-corrected chi connectivity index (χ0v) is 14.1. The number of aromatic nitrogens is 3. The lowest BCUT2D eigenvalue weighted by Gasteiger charge is -2.25. The van der Waals surface area contributed by atoms with Crippen LogP contribution in [0.25, 0.3) is 16.4 Å². The minimum Gasteiger partial charge on any atom is -0.378 e. The molecule has 0 saturated carbocycles. The fraction of sp³-hybridized carbons (Fsp3) is 0.235. The summed E-state index contributed by atoms with van der Waals surface area (Å²) in [6.45, 7) is 2.05. The molecule has 6 nitrogen and oxygen atoms in total. The largest absolute Gasteiger partial charge is 0.378 e. The number of carbonyl (C=O) groups excluding carboxylic acids is 1. The van der Waals surface area contributed by atoms with Crippen molar-refractivity contribution >= 4 is 17.2 Å². The van der Waals surface area contributed by atoms with Crippen LogP contribution in [0.5, 0.6) is 0 Å². The molecule has 0 N–H and O–H groups in total. The van der Waals surface area contributed by atoms with Crippen LogP contribution in [0.15, 0.2) is 41.8 Å². The molecule has 1 saturated heterocycles. The molecule has 0 bridgehead atoms. The molecule has 4 rings (SSSR count). The molecule has 128 valence electrons. The second kappa shape index (κ2) is 6.73. The minimum absolute atomic E-state index is 0.106. The maximum absolute atomic E-state index is 13.6. The third-order valence-electron chi connectivity index (χ3n) is 3.89. The molecular weight excluding hydrogens is 343 g/mol. The Morgan fingerprint density at radius 2 is 2.04 bits per heavy atom. The molecule has 8 heteroatoms. The van der Waals surface area contributed by atoms with E-state index in [-0.39, 0.29) is 17.5 Å². The zero-order chi connectivity index (χ0) is 17.2. The van der Waals surface area contributed by atoms with E-state index in [4.69, 9.17) is 4.74 Å². The number of carbonyl (C=O) groups is 1. The van der Waals surface area contributed by atoms with Crippen LogP contribution in [0.1, 0.15) is 10.6 Å². The van der Waals surface area contributed by atoms with E-state index in [1.54, 1.807) is 17.0 Å². The molecule has 1 fully saturated rings. The third kappa shape index (κ3) is 3.18. The monoisotopic (exact) mass is 358 g/mol. The van der Waals surface area contributed by atoms with Crippen molar-refractivity contribution in [3.8, 4) is 16.4 Å². The first-order chi connectivity index (χ1) is 12.2. The number of nitrogens with zero attached hydrogens (tertiary/aromatic N) is 4. The summed E-state index contributed by atoms with van der Waals surface area (Å²) in [7, 11) is 0. The normalized spacial score (nSPS) is 14.7. The first kappa shape index (κ1) is 15.9. The van der Waals surface area contributed by atoms with E-state index < -0.39 is 0 Å². The number of halogens is 1. The molecule has 1 aromatic carbocycles.